The Labute approximate surface area is 170 Å². The maximum absolute atomic E-state index is 13.1. The fourth-order valence-electron chi connectivity index (χ4n) is 4.26. The number of ketones is 1. The highest BCUT2D eigenvalue weighted by Crippen LogP contribution is 2.20. The molecule has 154 valence electrons. The molecule has 4 rings (SSSR count). The number of fused-ring (bicyclic) bond motifs is 1. The molecule has 1 aromatic carbocycles. The second-order valence-electron chi connectivity index (χ2n) is 7.81. The molecule has 1 fully saturated rings. The van der Waals surface area contributed by atoms with E-state index in [0.717, 1.165) is 44.8 Å². The number of carbonyl (C=O) groups excluding carboxylic acids is 2. The molecule has 1 saturated heterocycles. The summed E-state index contributed by atoms with van der Waals surface area (Å²) in [5.41, 5.74) is 2.13. The van der Waals surface area contributed by atoms with Crippen LogP contribution in [-0.4, -0.2) is 71.9 Å². The van der Waals surface area contributed by atoms with Crippen LogP contribution in [0.4, 0.5) is 10.1 Å². The van der Waals surface area contributed by atoms with Gasteiger partial charge in [0, 0.05) is 64.6 Å². The Balaban J connectivity index is 1.26. The van der Waals surface area contributed by atoms with Crippen LogP contribution in [0, 0.1) is 5.82 Å². The lowest BCUT2D eigenvalue weighted by Gasteiger charge is -2.36. The number of carbonyl (C=O) groups is 2. The summed E-state index contributed by atoms with van der Waals surface area (Å²) in [4.78, 5) is 31.6. The van der Waals surface area contributed by atoms with Crippen LogP contribution in [0.15, 0.2) is 36.5 Å². The van der Waals surface area contributed by atoms with Crippen molar-refractivity contribution in [1.82, 2.24) is 14.4 Å². The molecule has 1 amide bonds. The standard InChI is InChI=1S/C22H27FN4O2/c1-24-11-7-19-21(24)20(28)8-12-27(22(19)29)10-2-9-25-13-15-26(16-14-25)18-5-3-17(23)4-6-18/h3-7,11H,2,8-10,12-16H2,1H3. The zero-order valence-corrected chi connectivity index (χ0v) is 16.8. The third kappa shape index (κ3) is 4.19. The Morgan fingerprint density at radius 2 is 1.66 bits per heavy atom. The first kappa shape index (κ1) is 19.6. The molecule has 0 radical (unpaired) electrons. The summed E-state index contributed by atoms with van der Waals surface area (Å²) >= 11 is 0. The fraction of sp³-hybridized carbons (Fsp3) is 0.455. The van der Waals surface area contributed by atoms with Crippen molar-refractivity contribution in [3.05, 3.63) is 53.6 Å². The minimum absolute atomic E-state index is 0.0346. The first-order valence-corrected chi connectivity index (χ1v) is 10.2. The molecule has 0 bridgehead atoms. The van der Waals surface area contributed by atoms with E-state index < -0.39 is 0 Å². The minimum Gasteiger partial charge on any atom is -0.369 e. The molecule has 0 saturated carbocycles. The van der Waals surface area contributed by atoms with Crippen LogP contribution in [0.1, 0.15) is 33.7 Å². The van der Waals surface area contributed by atoms with Crippen molar-refractivity contribution in [2.75, 3.05) is 50.7 Å². The molecule has 2 aliphatic heterocycles. The average molecular weight is 398 g/mol. The van der Waals surface area contributed by atoms with E-state index in [4.69, 9.17) is 0 Å². The van der Waals surface area contributed by atoms with Crippen molar-refractivity contribution in [3.63, 3.8) is 0 Å². The molecule has 0 atom stereocenters. The van der Waals surface area contributed by atoms with E-state index in [9.17, 15) is 14.0 Å². The van der Waals surface area contributed by atoms with E-state index >= 15 is 0 Å². The number of rotatable bonds is 5. The van der Waals surface area contributed by atoms with Gasteiger partial charge in [0.1, 0.15) is 5.82 Å². The van der Waals surface area contributed by atoms with E-state index in [2.05, 4.69) is 9.80 Å². The number of benzene rings is 1. The fourth-order valence-corrected chi connectivity index (χ4v) is 4.26. The number of anilines is 1. The van der Waals surface area contributed by atoms with Gasteiger partial charge in [-0.15, -0.1) is 0 Å². The monoisotopic (exact) mass is 398 g/mol. The molecule has 29 heavy (non-hydrogen) atoms. The van der Waals surface area contributed by atoms with Gasteiger partial charge in [0.2, 0.25) is 0 Å². The lowest BCUT2D eigenvalue weighted by molar-refractivity contribution is 0.0750. The zero-order valence-electron chi connectivity index (χ0n) is 16.8. The summed E-state index contributed by atoms with van der Waals surface area (Å²) in [5, 5.41) is 0. The van der Waals surface area contributed by atoms with Crippen molar-refractivity contribution in [1.29, 1.82) is 0 Å². The summed E-state index contributed by atoms with van der Waals surface area (Å²) in [5.74, 6) is -0.201. The van der Waals surface area contributed by atoms with Crippen molar-refractivity contribution in [2.24, 2.45) is 7.05 Å². The Kier molecular flexibility index (Phi) is 5.67. The summed E-state index contributed by atoms with van der Waals surface area (Å²) in [7, 11) is 1.81. The topological polar surface area (TPSA) is 48.8 Å². The molecule has 0 N–H and O–H groups in total. The third-order valence-corrected chi connectivity index (χ3v) is 5.93. The quantitative estimate of drug-likeness (QED) is 0.776. The van der Waals surface area contributed by atoms with Gasteiger partial charge in [-0.1, -0.05) is 0 Å². The molecule has 6 nitrogen and oxygen atoms in total. The third-order valence-electron chi connectivity index (χ3n) is 5.93. The maximum Gasteiger partial charge on any atom is 0.256 e. The van der Waals surface area contributed by atoms with Crippen LogP contribution in [0.3, 0.4) is 0 Å². The molecule has 3 heterocycles. The van der Waals surface area contributed by atoms with E-state index in [0.29, 0.717) is 30.8 Å². The van der Waals surface area contributed by atoms with Gasteiger partial charge in [-0.2, -0.15) is 0 Å². The lowest BCUT2D eigenvalue weighted by Crippen LogP contribution is -2.47. The van der Waals surface area contributed by atoms with Crippen molar-refractivity contribution < 1.29 is 14.0 Å². The summed E-state index contributed by atoms with van der Waals surface area (Å²) < 4.78 is 14.8. The number of piperazine rings is 1. The number of aryl methyl sites for hydroxylation is 1. The Bertz CT molecular complexity index is 885. The molecule has 2 aliphatic rings. The van der Waals surface area contributed by atoms with Crippen LogP contribution in [0.2, 0.25) is 0 Å². The number of halogens is 1. The lowest BCUT2D eigenvalue weighted by atomic mass is 10.1. The zero-order chi connectivity index (χ0) is 20.4. The molecule has 2 aromatic rings. The van der Waals surface area contributed by atoms with Gasteiger partial charge in [-0.05, 0) is 43.3 Å². The van der Waals surface area contributed by atoms with Crippen molar-refractivity contribution >= 4 is 17.4 Å². The predicted octanol–water partition coefficient (Wildman–Crippen LogP) is 2.41. The molecule has 0 unspecified atom stereocenters. The van der Waals surface area contributed by atoms with Crippen LogP contribution in [0.25, 0.3) is 0 Å². The summed E-state index contributed by atoms with van der Waals surface area (Å²) in [6.45, 7) is 5.81. The smallest absolute Gasteiger partial charge is 0.256 e. The molecule has 7 heteroatoms. The maximum atomic E-state index is 13.1. The number of nitrogens with zero attached hydrogens (tertiary/aromatic N) is 4. The number of hydrogen-bond acceptors (Lipinski definition) is 4. The number of aromatic nitrogens is 1. The molecule has 1 aromatic heterocycles. The first-order valence-electron chi connectivity index (χ1n) is 10.2. The van der Waals surface area contributed by atoms with E-state index in [-0.39, 0.29) is 17.5 Å². The van der Waals surface area contributed by atoms with Gasteiger partial charge < -0.3 is 14.4 Å². The van der Waals surface area contributed by atoms with Gasteiger partial charge in [-0.3, -0.25) is 14.5 Å². The Morgan fingerprint density at radius 3 is 2.38 bits per heavy atom. The highest BCUT2D eigenvalue weighted by atomic mass is 19.1. The van der Waals surface area contributed by atoms with Crippen molar-refractivity contribution in [3.8, 4) is 0 Å². The highest BCUT2D eigenvalue weighted by molar-refractivity contribution is 6.08. The normalized spacial score (nSPS) is 18.1. The summed E-state index contributed by atoms with van der Waals surface area (Å²) in [6, 6.07) is 8.41. The van der Waals surface area contributed by atoms with Crippen LogP contribution in [-0.2, 0) is 7.05 Å². The first-order chi connectivity index (χ1) is 14.0. The van der Waals surface area contributed by atoms with Gasteiger partial charge >= 0.3 is 0 Å². The molecule has 0 aliphatic carbocycles. The van der Waals surface area contributed by atoms with Gasteiger partial charge in [0.15, 0.2) is 5.78 Å². The number of amides is 1. The van der Waals surface area contributed by atoms with E-state index in [1.54, 1.807) is 16.8 Å². The minimum atomic E-state index is -0.209. The van der Waals surface area contributed by atoms with Gasteiger partial charge in [0.05, 0.1) is 11.3 Å². The van der Waals surface area contributed by atoms with E-state index in [1.807, 2.05) is 24.1 Å². The van der Waals surface area contributed by atoms with Crippen LogP contribution >= 0.6 is 0 Å². The Morgan fingerprint density at radius 1 is 0.931 bits per heavy atom. The Hall–Kier alpha value is -2.67. The average Bonchev–Trinajstić information content (AvgIpc) is 3.07. The van der Waals surface area contributed by atoms with Crippen LogP contribution in [0.5, 0.6) is 0 Å². The van der Waals surface area contributed by atoms with Crippen molar-refractivity contribution in [2.45, 2.75) is 12.8 Å². The van der Waals surface area contributed by atoms with E-state index in [1.165, 1.54) is 12.1 Å². The van der Waals surface area contributed by atoms with Gasteiger partial charge in [0.25, 0.3) is 5.91 Å². The molecule has 0 spiro atoms. The molecular weight excluding hydrogens is 371 g/mol. The second-order valence-corrected chi connectivity index (χ2v) is 7.81. The predicted molar refractivity (Wildman–Crippen MR) is 110 cm³/mol. The highest BCUT2D eigenvalue weighted by Gasteiger charge is 2.29. The van der Waals surface area contributed by atoms with Crippen LogP contribution < -0.4 is 4.90 Å². The SMILES string of the molecule is Cn1ccc2c1C(=O)CCN(CCCN1CCN(c3ccc(F)cc3)CC1)C2=O. The number of Topliss-reactive ketones (excluding diaryl/α,β-unsaturated/α-hetero) is 1. The number of hydrogen-bond donors (Lipinski definition) is 0. The second kappa shape index (κ2) is 8.37. The largest absolute Gasteiger partial charge is 0.369 e. The summed E-state index contributed by atoms with van der Waals surface area (Å²) in [6.07, 6.45) is 3.05. The molecular formula is C22H27FN4O2. The van der Waals surface area contributed by atoms with Gasteiger partial charge in [-0.25, -0.2) is 4.39 Å².